The normalized spacial score (nSPS) is 22.8. The van der Waals surface area contributed by atoms with Crippen molar-refractivity contribution in [3.63, 3.8) is 0 Å². The van der Waals surface area contributed by atoms with Gasteiger partial charge < -0.3 is 0 Å². The highest BCUT2D eigenvalue weighted by atomic mass is 32.2. The van der Waals surface area contributed by atoms with Crippen molar-refractivity contribution in [3.8, 4) is 0 Å². The van der Waals surface area contributed by atoms with E-state index in [-0.39, 0.29) is 0 Å². The highest BCUT2D eigenvalue weighted by Gasteiger charge is 2.02. The van der Waals surface area contributed by atoms with E-state index in [0.717, 1.165) is 3.53 Å². The van der Waals surface area contributed by atoms with E-state index in [2.05, 4.69) is 0 Å². The van der Waals surface area contributed by atoms with Crippen molar-refractivity contribution in [1.82, 2.24) is 0 Å². The summed E-state index contributed by atoms with van der Waals surface area (Å²) in [5.74, 6) is 2.48. The quantitative estimate of drug-likeness (QED) is 0.505. The number of thiocarbonyl (C=S) groups is 1. The maximum atomic E-state index is 5.02. The molecule has 0 N–H and O–H groups in total. The largest absolute Gasteiger partial charge is 0.108 e. The lowest BCUT2D eigenvalue weighted by molar-refractivity contribution is 0.912. The van der Waals surface area contributed by atoms with Crippen LogP contribution in [-0.4, -0.2) is 15.0 Å². The van der Waals surface area contributed by atoms with Crippen molar-refractivity contribution in [1.29, 1.82) is 0 Å². The zero-order valence-electron chi connectivity index (χ0n) is 4.55. The molecule has 1 heterocycles. The first-order valence-electron chi connectivity index (χ1n) is 2.69. The number of rotatable bonds is 0. The topological polar surface area (TPSA) is 0 Å². The van der Waals surface area contributed by atoms with Crippen LogP contribution in [0.1, 0.15) is 12.8 Å². The lowest BCUT2D eigenvalue weighted by atomic mass is 10.4. The van der Waals surface area contributed by atoms with Gasteiger partial charge in [-0.25, -0.2) is 0 Å². The summed E-state index contributed by atoms with van der Waals surface area (Å²) in [6.07, 6.45) is 2.69. The molecule has 1 rings (SSSR count). The SMILES string of the molecule is S=C1SCCCCS1. The Labute approximate surface area is 63.8 Å². The fraction of sp³-hybridized carbons (Fsp3) is 0.800. The van der Waals surface area contributed by atoms with Crippen LogP contribution in [0.5, 0.6) is 0 Å². The minimum absolute atomic E-state index is 1.14. The van der Waals surface area contributed by atoms with Gasteiger partial charge in [0.2, 0.25) is 0 Å². The number of thioether (sulfide) groups is 2. The molecule has 0 amide bonds. The first-order chi connectivity index (χ1) is 3.89. The molecule has 0 aromatic rings. The third-order valence-corrected chi connectivity index (χ3v) is 3.85. The Hall–Kier alpha value is 0.790. The summed E-state index contributed by atoms with van der Waals surface area (Å²) in [5.41, 5.74) is 0. The van der Waals surface area contributed by atoms with Crippen molar-refractivity contribution in [2.24, 2.45) is 0 Å². The second-order valence-corrected chi connectivity index (χ2v) is 5.05. The molecule has 0 spiro atoms. The van der Waals surface area contributed by atoms with Crippen LogP contribution < -0.4 is 0 Å². The molecule has 0 aromatic carbocycles. The molecule has 1 fully saturated rings. The average molecular weight is 164 g/mol. The van der Waals surface area contributed by atoms with E-state index >= 15 is 0 Å². The van der Waals surface area contributed by atoms with E-state index in [1.807, 2.05) is 23.5 Å². The Morgan fingerprint density at radius 2 is 1.62 bits per heavy atom. The third-order valence-electron chi connectivity index (χ3n) is 0.979. The van der Waals surface area contributed by atoms with E-state index in [9.17, 15) is 0 Å². The van der Waals surface area contributed by atoms with Gasteiger partial charge in [0.1, 0.15) is 3.53 Å². The summed E-state index contributed by atoms with van der Waals surface area (Å²) >= 11 is 8.68. The minimum Gasteiger partial charge on any atom is -0.108 e. The number of hydrogen-bond acceptors (Lipinski definition) is 3. The van der Waals surface area contributed by atoms with Gasteiger partial charge in [-0.05, 0) is 24.3 Å². The van der Waals surface area contributed by atoms with E-state index in [4.69, 9.17) is 12.2 Å². The van der Waals surface area contributed by atoms with Gasteiger partial charge in [0.15, 0.2) is 0 Å². The van der Waals surface area contributed by atoms with Gasteiger partial charge in [-0.15, -0.1) is 23.5 Å². The highest BCUT2D eigenvalue weighted by Crippen LogP contribution is 2.23. The fourth-order valence-electron chi connectivity index (χ4n) is 0.557. The minimum atomic E-state index is 1.14. The van der Waals surface area contributed by atoms with Gasteiger partial charge in [0.25, 0.3) is 0 Å². The molecule has 46 valence electrons. The molecule has 0 atom stereocenters. The van der Waals surface area contributed by atoms with Crippen molar-refractivity contribution in [2.45, 2.75) is 12.8 Å². The molecule has 0 aliphatic carbocycles. The molecule has 0 nitrogen and oxygen atoms in total. The molecule has 0 unspecified atom stereocenters. The van der Waals surface area contributed by atoms with Gasteiger partial charge in [-0.1, -0.05) is 12.2 Å². The van der Waals surface area contributed by atoms with Gasteiger partial charge in [-0.2, -0.15) is 0 Å². The zero-order valence-corrected chi connectivity index (χ0v) is 7.00. The van der Waals surface area contributed by atoms with Crippen molar-refractivity contribution < 1.29 is 0 Å². The van der Waals surface area contributed by atoms with Crippen LogP contribution in [0.2, 0.25) is 0 Å². The predicted molar refractivity (Wildman–Crippen MR) is 46.7 cm³/mol. The maximum Gasteiger partial charge on any atom is 0.104 e. The van der Waals surface area contributed by atoms with E-state index in [0.29, 0.717) is 0 Å². The van der Waals surface area contributed by atoms with Crippen LogP contribution in [0.4, 0.5) is 0 Å². The monoisotopic (exact) mass is 164 g/mol. The lowest BCUT2D eigenvalue weighted by Crippen LogP contribution is -1.75. The first kappa shape index (κ1) is 6.90. The summed E-state index contributed by atoms with van der Waals surface area (Å²) in [7, 11) is 0. The Morgan fingerprint density at radius 3 is 2.12 bits per heavy atom. The first-order valence-corrected chi connectivity index (χ1v) is 5.07. The zero-order chi connectivity index (χ0) is 5.82. The predicted octanol–water partition coefficient (Wildman–Crippen LogP) is 2.53. The van der Waals surface area contributed by atoms with Crippen LogP contribution in [0, 0.1) is 0 Å². The summed E-state index contributed by atoms with van der Waals surface area (Å²) in [4.78, 5) is 0. The van der Waals surface area contributed by atoms with Gasteiger partial charge >= 0.3 is 0 Å². The summed E-state index contributed by atoms with van der Waals surface area (Å²) in [6, 6.07) is 0. The Bertz CT molecular complexity index is 79.7. The second kappa shape index (κ2) is 3.75. The smallest absolute Gasteiger partial charge is 0.104 e. The molecule has 8 heavy (non-hydrogen) atoms. The molecular weight excluding hydrogens is 156 g/mol. The molecule has 1 aliphatic rings. The van der Waals surface area contributed by atoms with Crippen LogP contribution in [-0.2, 0) is 0 Å². The van der Waals surface area contributed by atoms with Crippen LogP contribution in [0.25, 0.3) is 0 Å². The van der Waals surface area contributed by atoms with Gasteiger partial charge in [0, 0.05) is 0 Å². The molecule has 1 aliphatic heterocycles. The van der Waals surface area contributed by atoms with E-state index in [1.54, 1.807) is 0 Å². The standard InChI is InChI=1S/C5H8S3/c6-5-7-3-1-2-4-8-5/h1-4H2. The van der Waals surface area contributed by atoms with Crippen LogP contribution in [0.3, 0.4) is 0 Å². The van der Waals surface area contributed by atoms with Crippen molar-refractivity contribution >= 4 is 39.3 Å². The van der Waals surface area contributed by atoms with Gasteiger partial charge in [-0.3, -0.25) is 0 Å². The molecule has 1 saturated heterocycles. The Morgan fingerprint density at radius 1 is 1.12 bits per heavy atom. The van der Waals surface area contributed by atoms with E-state index in [1.165, 1.54) is 24.3 Å². The maximum absolute atomic E-state index is 5.02. The Kier molecular flexibility index (Phi) is 3.23. The summed E-state index contributed by atoms with van der Waals surface area (Å²) in [6.45, 7) is 0. The van der Waals surface area contributed by atoms with Crippen molar-refractivity contribution in [2.75, 3.05) is 11.5 Å². The fourth-order valence-corrected chi connectivity index (χ4v) is 2.92. The summed E-state index contributed by atoms with van der Waals surface area (Å²) < 4.78 is 1.14. The summed E-state index contributed by atoms with van der Waals surface area (Å²) in [5, 5.41) is 0. The molecular formula is C5H8S3. The Balaban J connectivity index is 2.27. The highest BCUT2D eigenvalue weighted by molar-refractivity contribution is 8.47. The molecule has 3 heteroatoms. The average Bonchev–Trinajstić information content (AvgIpc) is 1.94. The molecule has 0 bridgehead atoms. The molecule has 0 saturated carbocycles. The second-order valence-electron chi connectivity index (χ2n) is 1.65. The third kappa shape index (κ3) is 2.37. The van der Waals surface area contributed by atoms with Gasteiger partial charge in [0.05, 0.1) is 0 Å². The molecule has 0 radical (unpaired) electrons. The van der Waals surface area contributed by atoms with Crippen LogP contribution >= 0.6 is 35.7 Å². The van der Waals surface area contributed by atoms with Crippen molar-refractivity contribution in [3.05, 3.63) is 0 Å². The number of hydrogen-bond donors (Lipinski definition) is 0. The lowest BCUT2D eigenvalue weighted by Gasteiger charge is -1.90. The molecule has 0 aromatic heterocycles. The van der Waals surface area contributed by atoms with Crippen LogP contribution in [0.15, 0.2) is 0 Å². The van der Waals surface area contributed by atoms with E-state index < -0.39 is 0 Å².